The molecule has 0 aromatic heterocycles. The van der Waals surface area contributed by atoms with Crippen molar-refractivity contribution in [2.45, 2.75) is 150 Å². The zero-order chi connectivity index (χ0) is 36.0. The lowest BCUT2D eigenvalue weighted by molar-refractivity contribution is -0.361. The lowest BCUT2D eigenvalue weighted by Crippen LogP contribution is -2.69. The highest BCUT2D eigenvalue weighted by atomic mass is 16.7. The van der Waals surface area contributed by atoms with Gasteiger partial charge in [-0.15, -0.1) is 0 Å². The van der Waals surface area contributed by atoms with E-state index in [1.54, 1.807) is 13.0 Å². The van der Waals surface area contributed by atoms with Gasteiger partial charge in [0.1, 0.15) is 55.6 Å². The predicted octanol–water partition coefficient (Wildman–Crippen LogP) is -1.43. The quantitative estimate of drug-likeness (QED) is 0.0858. The summed E-state index contributed by atoms with van der Waals surface area (Å²) in [6.07, 6.45) is -8.63. The van der Waals surface area contributed by atoms with Gasteiger partial charge in [0.2, 0.25) is 0 Å². The van der Waals surface area contributed by atoms with Gasteiger partial charge >= 0.3 is 5.97 Å². The fraction of sp³-hybridized carbons (Fsp3) is 0.886. The molecule has 15 heteroatoms. The van der Waals surface area contributed by atoms with E-state index in [2.05, 4.69) is 6.92 Å². The van der Waals surface area contributed by atoms with Crippen LogP contribution in [-0.4, -0.2) is 145 Å². The number of aliphatic hydroxyl groups excluding tert-OH is 6. The minimum atomic E-state index is -1.71. The third-order valence-corrected chi connectivity index (χ3v) is 14.1. The SMILES string of the molecule is C[C@@H]1O[C@H](O[C@H]2CC[C@]3(C=O)[C@@H]4CC[C@]5(C)[C@H](C6=CC(=O)OC6)CC[C@]5(O)[C@H]4CC[C@@]3(O)C2)[C@@H](O)[C@@H](O)[C@H]1O[C@@H]1O[C@@H](CO)[C@H](O)[C@@H](O)[C@@H]1O. The van der Waals surface area contributed by atoms with Crippen LogP contribution in [0.5, 0.6) is 0 Å². The van der Waals surface area contributed by atoms with Crippen LogP contribution in [0.1, 0.15) is 71.6 Å². The highest BCUT2D eigenvalue weighted by Gasteiger charge is 2.71. The van der Waals surface area contributed by atoms with E-state index in [1.165, 1.54) is 0 Å². The first-order valence-electron chi connectivity index (χ1n) is 18.0. The van der Waals surface area contributed by atoms with Crippen LogP contribution in [0.3, 0.4) is 0 Å². The number of fused-ring (bicyclic) bond motifs is 5. The summed E-state index contributed by atoms with van der Waals surface area (Å²) in [5.41, 5.74) is -3.20. The summed E-state index contributed by atoms with van der Waals surface area (Å²) in [4.78, 5) is 25.1. The van der Waals surface area contributed by atoms with Crippen molar-refractivity contribution in [1.29, 1.82) is 0 Å². The molecule has 50 heavy (non-hydrogen) atoms. The molecule has 4 saturated carbocycles. The Morgan fingerprint density at radius 2 is 1.56 bits per heavy atom. The number of hydrogen-bond donors (Lipinski definition) is 8. The average molecular weight is 713 g/mol. The molecule has 15 nitrogen and oxygen atoms in total. The highest BCUT2D eigenvalue weighted by molar-refractivity contribution is 5.85. The van der Waals surface area contributed by atoms with Gasteiger partial charge in [-0.25, -0.2) is 4.79 Å². The smallest absolute Gasteiger partial charge is 0.331 e. The Labute approximate surface area is 290 Å². The fourth-order valence-electron chi connectivity index (χ4n) is 11.3. The van der Waals surface area contributed by atoms with E-state index < -0.39 is 96.2 Å². The van der Waals surface area contributed by atoms with E-state index in [0.29, 0.717) is 38.5 Å². The maximum absolute atomic E-state index is 13.2. The molecular formula is C35H52O15. The van der Waals surface area contributed by atoms with Gasteiger partial charge in [0.25, 0.3) is 0 Å². The fourth-order valence-corrected chi connectivity index (χ4v) is 11.3. The van der Waals surface area contributed by atoms with Crippen molar-refractivity contribution in [1.82, 2.24) is 0 Å². The molecule has 0 radical (unpaired) electrons. The molecule has 18 atom stereocenters. The second kappa shape index (κ2) is 13.1. The Bertz CT molecular complexity index is 1340. The van der Waals surface area contributed by atoms with Gasteiger partial charge in [0.05, 0.1) is 35.4 Å². The molecule has 0 aromatic carbocycles. The molecule has 4 aliphatic carbocycles. The molecule has 3 aliphatic heterocycles. The lowest BCUT2D eigenvalue weighted by atomic mass is 9.41. The van der Waals surface area contributed by atoms with Gasteiger partial charge in [-0.1, -0.05) is 6.92 Å². The number of rotatable bonds is 7. The Morgan fingerprint density at radius 1 is 0.860 bits per heavy atom. The summed E-state index contributed by atoms with van der Waals surface area (Å²) in [5, 5.41) is 87.0. The van der Waals surface area contributed by atoms with Gasteiger partial charge in [0, 0.05) is 17.9 Å². The molecule has 7 rings (SSSR count). The molecule has 3 heterocycles. The van der Waals surface area contributed by atoms with Crippen LogP contribution in [0, 0.1) is 28.6 Å². The topological polar surface area (TPSA) is 242 Å². The van der Waals surface area contributed by atoms with Crippen LogP contribution < -0.4 is 0 Å². The molecule has 0 unspecified atom stereocenters. The summed E-state index contributed by atoms with van der Waals surface area (Å²) < 4.78 is 28.4. The van der Waals surface area contributed by atoms with Crippen molar-refractivity contribution < 1.29 is 74.1 Å². The number of carbonyl (C=O) groups excluding carboxylic acids is 2. The third kappa shape index (κ3) is 5.37. The van der Waals surface area contributed by atoms with E-state index in [1.807, 2.05) is 0 Å². The van der Waals surface area contributed by atoms with Crippen LogP contribution >= 0.6 is 0 Å². The third-order valence-electron chi connectivity index (χ3n) is 14.1. The zero-order valence-electron chi connectivity index (χ0n) is 28.5. The van der Waals surface area contributed by atoms with E-state index in [0.717, 1.165) is 18.3 Å². The first-order valence-corrected chi connectivity index (χ1v) is 18.0. The molecule has 0 amide bonds. The number of esters is 1. The second-order valence-corrected chi connectivity index (χ2v) is 16.2. The number of aldehydes is 1. The molecule has 282 valence electrons. The normalized spacial score (nSPS) is 55.0. The molecule has 8 N–H and O–H groups in total. The first-order chi connectivity index (χ1) is 23.6. The van der Waals surface area contributed by atoms with Gasteiger partial charge in [-0.3, -0.25) is 0 Å². The summed E-state index contributed by atoms with van der Waals surface area (Å²) in [7, 11) is 0. The van der Waals surface area contributed by atoms with Gasteiger partial charge in [0.15, 0.2) is 12.6 Å². The maximum atomic E-state index is 13.2. The van der Waals surface area contributed by atoms with Crippen molar-refractivity contribution >= 4 is 12.3 Å². The molecule has 2 saturated heterocycles. The van der Waals surface area contributed by atoms with Gasteiger partial charge < -0.3 is 69.3 Å². The van der Waals surface area contributed by atoms with E-state index in [-0.39, 0.29) is 43.2 Å². The zero-order valence-corrected chi connectivity index (χ0v) is 28.5. The van der Waals surface area contributed by atoms with Crippen LogP contribution in [0.4, 0.5) is 0 Å². The summed E-state index contributed by atoms with van der Waals surface area (Å²) in [6, 6.07) is 0. The Balaban J connectivity index is 1.02. The first kappa shape index (κ1) is 36.7. The second-order valence-electron chi connectivity index (χ2n) is 16.2. The van der Waals surface area contributed by atoms with E-state index >= 15 is 0 Å². The Hall–Kier alpha value is -1.60. The summed E-state index contributed by atoms with van der Waals surface area (Å²) >= 11 is 0. The minimum Gasteiger partial charge on any atom is -0.458 e. The standard InChI is InChI=1S/C35H52O15/c1-16-29(50-31-27(42)25(40)24(39)22(13-36)49-31)26(41)28(43)30(47-16)48-18-3-8-33(15-37)20-4-7-32(2)19(17-11-23(38)46-14-17)6-10-35(32,45)21(20)5-9-34(33,44)12-18/h11,15-16,18-22,24-31,36,39-45H,3-10,12-14H2,1-2H3/t16-,18-,19-,20+,21-,22-,24-,25+,26+,27-,28-,29-,30+,31-,32+,33-,34+,35-/m0/s1. The van der Waals surface area contributed by atoms with Crippen molar-refractivity contribution in [3.63, 3.8) is 0 Å². The summed E-state index contributed by atoms with van der Waals surface area (Å²) in [6.45, 7) is 3.22. The Kier molecular flexibility index (Phi) is 9.60. The maximum Gasteiger partial charge on any atom is 0.331 e. The van der Waals surface area contributed by atoms with Crippen LogP contribution in [0.25, 0.3) is 0 Å². The number of carbonyl (C=O) groups is 2. The van der Waals surface area contributed by atoms with E-state index in [9.17, 15) is 50.4 Å². The minimum absolute atomic E-state index is 0.00102. The number of cyclic esters (lactones) is 1. The molecule has 6 fully saturated rings. The van der Waals surface area contributed by atoms with Crippen molar-refractivity contribution in [3.8, 4) is 0 Å². The van der Waals surface area contributed by atoms with Crippen molar-refractivity contribution in [3.05, 3.63) is 11.6 Å². The van der Waals surface area contributed by atoms with Crippen molar-refractivity contribution in [2.75, 3.05) is 13.2 Å². The molecule has 0 spiro atoms. The largest absolute Gasteiger partial charge is 0.458 e. The highest BCUT2D eigenvalue weighted by Crippen LogP contribution is 2.70. The molecular weight excluding hydrogens is 660 g/mol. The summed E-state index contributed by atoms with van der Waals surface area (Å²) in [5.74, 6) is -0.830. The number of hydrogen-bond acceptors (Lipinski definition) is 15. The lowest BCUT2D eigenvalue weighted by Gasteiger charge is -2.65. The van der Waals surface area contributed by atoms with Crippen LogP contribution in [0.2, 0.25) is 0 Å². The van der Waals surface area contributed by atoms with Gasteiger partial charge in [-0.2, -0.15) is 0 Å². The Morgan fingerprint density at radius 3 is 2.24 bits per heavy atom. The average Bonchev–Trinajstić information content (AvgIpc) is 3.64. The predicted molar refractivity (Wildman–Crippen MR) is 167 cm³/mol. The van der Waals surface area contributed by atoms with Gasteiger partial charge in [-0.05, 0) is 81.6 Å². The molecule has 0 aromatic rings. The number of ether oxygens (including phenoxy) is 5. The van der Waals surface area contributed by atoms with Crippen LogP contribution in [0.15, 0.2) is 11.6 Å². The van der Waals surface area contributed by atoms with E-state index in [4.69, 9.17) is 23.7 Å². The number of aliphatic hydroxyl groups is 8. The monoisotopic (exact) mass is 712 g/mol. The molecule has 7 aliphatic rings. The van der Waals surface area contributed by atoms with Crippen molar-refractivity contribution in [2.24, 2.45) is 28.6 Å². The van der Waals surface area contributed by atoms with Crippen LogP contribution in [-0.2, 0) is 33.3 Å². The molecule has 0 bridgehead atoms.